The van der Waals surface area contributed by atoms with E-state index in [-0.39, 0.29) is 6.42 Å². The van der Waals surface area contributed by atoms with Crippen molar-refractivity contribution in [1.29, 1.82) is 0 Å². The molecule has 3 nitrogen and oxygen atoms in total. The maximum Gasteiger partial charge on any atom is 0.308 e. The fourth-order valence-electron chi connectivity index (χ4n) is 2.25. The molecule has 0 bridgehead atoms. The summed E-state index contributed by atoms with van der Waals surface area (Å²) < 4.78 is 5.87. The van der Waals surface area contributed by atoms with Gasteiger partial charge in [0.15, 0.2) is 0 Å². The Morgan fingerprint density at radius 2 is 2.00 bits per heavy atom. The van der Waals surface area contributed by atoms with E-state index in [1.54, 1.807) is 0 Å². The number of hydrogen-bond acceptors (Lipinski definition) is 3. The van der Waals surface area contributed by atoms with Crippen LogP contribution in [0.1, 0.15) is 29.3 Å². The van der Waals surface area contributed by atoms with E-state index in [0.717, 1.165) is 35.5 Å². The fourth-order valence-corrected chi connectivity index (χ4v) is 3.26. The summed E-state index contributed by atoms with van der Waals surface area (Å²) in [7, 11) is 0. The molecule has 0 unspecified atom stereocenters. The normalized spacial score (nSPS) is 10.5. The number of aliphatic carboxylic acids is 1. The Kier molecular flexibility index (Phi) is 5.81. The van der Waals surface area contributed by atoms with Gasteiger partial charge in [-0.05, 0) is 12.0 Å². The Hall–Kier alpha value is -1.81. The van der Waals surface area contributed by atoms with Crippen LogP contribution in [-0.4, -0.2) is 17.7 Å². The average Bonchev–Trinajstić information content (AvgIpc) is 2.83. The van der Waals surface area contributed by atoms with Crippen LogP contribution in [0.2, 0.25) is 0 Å². The van der Waals surface area contributed by atoms with Crippen LogP contribution in [-0.2, 0) is 24.1 Å². The molecule has 0 aliphatic carbocycles. The molecule has 0 amide bonds. The van der Waals surface area contributed by atoms with Gasteiger partial charge in [0.2, 0.25) is 0 Å². The number of carbonyl (C=O) groups is 1. The maximum absolute atomic E-state index is 10.9. The van der Waals surface area contributed by atoms with Crippen molar-refractivity contribution in [3.63, 3.8) is 0 Å². The molecule has 0 fully saturated rings. The lowest BCUT2D eigenvalue weighted by Gasteiger charge is -2.08. The van der Waals surface area contributed by atoms with Crippen molar-refractivity contribution in [3.8, 4) is 5.75 Å². The van der Waals surface area contributed by atoms with Gasteiger partial charge in [-0.25, -0.2) is 0 Å². The molecule has 0 saturated carbocycles. The molecule has 112 valence electrons. The smallest absolute Gasteiger partial charge is 0.308 e. The van der Waals surface area contributed by atoms with Gasteiger partial charge >= 0.3 is 5.97 Å². The van der Waals surface area contributed by atoms with Gasteiger partial charge < -0.3 is 9.84 Å². The first-order valence-corrected chi connectivity index (χ1v) is 8.06. The van der Waals surface area contributed by atoms with Crippen LogP contribution in [0.25, 0.3) is 0 Å². The summed E-state index contributed by atoms with van der Waals surface area (Å²) >= 11 is 1.48. The van der Waals surface area contributed by atoms with E-state index in [2.05, 4.69) is 19.1 Å². The van der Waals surface area contributed by atoms with Crippen molar-refractivity contribution in [3.05, 3.63) is 51.7 Å². The van der Waals surface area contributed by atoms with Crippen LogP contribution in [0.3, 0.4) is 0 Å². The van der Waals surface area contributed by atoms with Crippen molar-refractivity contribution < 1.29 is 14.6 Å². The van der Waals surface area contributed by atoms with Crippen molar-refractivity contribution in [1.82, 2.24) is 0 Å². The third-order valence-electron chi connectivity index (χ3n) is 3.25. The number of hydrogen-bond donors (Lipinski definition) is 1. The zero-order valence-electron chi connectivity index (χ0n) is 12.2. The van der Waals surface area contributed by atoms with Gasteiger partial charge in [-0.2, -0.15) is 0 Å². The Balaban J connectivity index is 1.98. The number of carboxylic acids is 1. The van der Waals surface area contributed by atoms with Crippen LogP contribution < -0.4 is 4.74 Å². The summed E-state index contributed by atoms with van der Waals surface area (Å²) in [6.45, 7) is 2.71. The highest BCUT2D eigenvalue weighted by molar-refractivity contribution is 7.10. The summed E-state index contributed by atoms with van der Waals surface area (Å²) in [6.07, 6.45) is 2.80. The largest absolute Gasteiger partial charge is 0.492 e. The third-order valence-corrected chi connectivity index (χ3v) is 4.25. The lowest BCUT2D eigenvalue weighted by Crippen LogP contribution is -2.04. The van der Waals surface area contributed by atoms with Crippen LogP contribution >= 0.6 is 11.3 Å². The monoisotopic (exact) mass is 304 g/mol. The van der Waals surface area contributed by atoms with E-state index in [1.165, 1.54) is 16.9 Å². The molecule has 1 heterocycles. The Bertz CT molecular complexity index is 575. The van der Waals surface area contributed by atoms with E-state index in [9.17, 15) is 4.79 Å². The number of carboxylic acid groups (broad SMARTS) is 1. The van der Waals surface area contributed by atoms with Crippen LogP contribution in [0.4, 0.5) is 0 Å². The van der Waals surface area contributed by atoms with Crippen molar-refractivity contribution in [2.45, 2.75) is 32.6 Å². The molecule has 2 aromatic rings. The lowest BCUT2D eigenvalue weighted by molar-refractivity contribution is -0.136. The predicted molar refractivity (Wildman–Crippen MR) is 85.3 cm³/mol. The number of rotatable bonds is 8. The zero-order chi connectivity index (χ0) is 15.1. The predicted octanol–water partition coefficient (Wildman–Crippen LogP) is 3.95. The summed E-state index contributed by atoms with van der Waals surface area (Å²) in [6, 6.07) is 10.2. The molecule has 0 spiro atoms. The molecule has 0 atom stereocenters. The van der Waals surface area contributed by atoms with E-state index >= 15 is 0 Å². The number of thiophene rings is 1. The zero-order valence-corrected chi connectivity index (χ0v) is 13.0. The summed E-state index contributed by atoms with van der Waals surface area (Å²) in [4.78, 5) is 11.8. The van der Waals surface area contributed by atoms with Crippen LogP contribution in [0.5, 0.6) is 5.75 Å². The molecule has 4 heteroatoms. The van der Waals surface area contributed by atoms with Gasteiger partial charge in [0.05, 0.1) is 13.0 Å². The van der Waals surface area contributed by atoms with E-state index in [0.29, 0.717) is 6.61 Å². The molecule has 1 aromatic heterocycles. The van der Waals surface area contributed by atoms with E-state index in [4.69, 9.17) is 9.84 Å². The number of ether oxygens (including phenoxy) is 1. The molecule has 0 aliphatic rings. The summed E-state index contributed by atoms with van der Waals surface area (Å²) in [5.41, 5.74) is 2.31. The highest BCUT2D eigenvalue weighted by atomic mass is 32.1. The molecule has 1 aromatic carbocycles. The average molecular weight is 304 g/mol. The minimum absolute atomic E-state index is 0.0854. The first-order valence-electron chi connectivity index (χ1n) is 7.18. The first-order chi connectivity index (χ1) is 10.2. The van der Waals surface area contributed by atoms with Gasteiger partial charge in [0, 0.05) is 22.2 Å². The fraction of sp³-hybridized carbons (Fsp3) is 0.353. The molecule has 2 rings (SSSR count). The topological polar surface area (TPSA) is 46.5 Å². The van der Waals surface area contributed by atoms with Crippen molar-refractivity contribution in [2.75, 3.05) is 6.61 Å². The van der Waals surface area contributed by atoms with Crippen molar-refractivity contribution >= 4 is 17.3 Å². The standard InChI is InChI=1S/C17H20O3S/c1-2-6-14-15(12-21-16(14)11-17(18)19)20-10-9-13-7-4-3-5-8-13/h3-5,7-8,12H,2,6,9-11H2,1H3,(H,18,19). The highest BCUT2D eigenvalue weighted by Crippen LogP contribution is 2.31. The number of benzene rings is 1. The highest BCUT2D eigenvalue weighted by Gasteiger charge is 2.14. The van der Waals surface area contributed by atoms with Crippen LogP contribution in [0, 0.1) is 0 Å². The maximum atomic E-state index is 10.9. The second-order valence-electron chi connectivity index (χ2n) is 4.91. The van der Waals surface area contributed by atoms with Crippen LogP contribution in [0.15, 0.2) is 35.7 Å². The van der Waals surface area contributed by atoms with Gasteiger partial charge in [-0.3, -0.25) is 4.79 Å². The summed E-state index contributed by atoms with van der Waals surface area (Å²) in [5.74, 6) is 0.0686. The van der Waals surface area contributed by atoms with Gasteiger partial charge in [0.1, 0.15) is 5.75 Å². The second-order valence-corrected chi connectivity index (χ2v) is 5.87. The minimum atomic E-state index is -0.787. The molecule has 0 saturated heterocycles. The lowest BCUT2D eigenvalue weighted by atomic mass is 10.1. The quantitative estimate of drug-likeness (QED) is 0.803. The Labute approximate surface area is 129 Å². The Morgan fingerprint density at radius 3 is 2.67 bits per heavy atom. The Morgan fingerprint density at radius 1 is 1.24 bits per heavy atom. The minimum Gasteiger partial charge on any atom is -0.492 e. The second kappa shape index (κ2) is 7.84. The van der Waals surface area contributed by atoms with E-state index < -0.39 is 5.97 Å². The third kappa shape index (κ3) is 4.60. The van der Waals surface area contributed by atoms with Gasteiger partial charge in [-0.1, -0.05) is 43.7 Å². The first kappa shape index (κ1) is 15.6. The van der Waals surface area contributed by atoms with E-state index in [1.807, 2.05) is 23.6 Å². The molecular formula is C17H20O3S. The van der Waals surface area contributed by atoms with Gasteiger partial charge in [-0.15, -0.1) is 11.3 Å². The molecule has 0 aliphatic heterocycles. The summed E-state index contributed by atoms with van der Waals surface area (Å²) in [5, 5.41) is 10.9. The SMILES string of the molecule is CCCc1c(OCCc2ccccc2)csc1CC(=O)O. The molecule has 21 heavy (non-hydrogen) atoms. The van der Waals surface area contributed by atoms with Gasteiger partial charge in [0.25, 0.3) is 0 Å². The molecular weight excluding hydrogens is 284 g/mol. The van der Waals surface area contributed by atoms with Crippen molar-refractivity contribution in [2.24, 2.45) is 0 Å². The molecule has 1 N–H and O–H groups in total. The molecule has 0 radical (unpaired) electrons.